The smallest absolute Gasteiger partial charge is 0.227 e. The molecule has 1 heterocycles. The first kappa shape index (κ1) is 17.4. The van der Waals surface area contributed by atoms with Gasteiger partial charge < -0.3 is 11.1 Å². The fraction of sp³-hybridized carbons (Fsp3) is 0.938. The molecule has 20 heavy (non-hydrogen) atoms. The fourth-order valence-corrected chi connectivity index (χ4v) is 3.20. The van der Waals surface area contributed by atoms with Gasteiger partial charge in [0.25, 0.3) is 0 Å². The van der Waals surface area contributed by atoms with Crippen molar-refractivity contribution in [1.29, 1.82) is 0 Å². The average molecular weight is 283 g/mol. The first-order chi connectivity index (χ1) is 9.50. The Balaban J connectivity index is 2.60. The van der Waals surface area contributed by atoms with Gasteiger partial charge in [-0.2, -0.15) is 0 Å². The highest BCUT2D eigenvalue weighted by Gasteiger charge is 2.34. The van der Waals surface area contributed by atoms with Gasteiger partial charge in [-0.15, -0.1) is 0 Å². The van der Waals surface area contributed by atoms with Crippen molar-refractivity contribution in [1.82, 2.24) is 10.2 Å². The number of likely N-dealkylation sites (tertiary alicyclic amines) is 1. The minimum Gasteiger partial charge on any atom is -0.354 e. The average Bonchev–Trinajstić information content (AvgIpc) is 2.95. The normalized spacial score (nSPS) is 18.5. The van der Waals surface area contributed by atoms with E-state index in [4.69, 9.17) is 5.73 Å². The van der Waals surface area contributed by atoms with E-state index in [2.05, 4.69) is 37.9 Å². The van der Waals surface area contributed by atoms with Gasteiger partial charge in [0, 0.05) is 19.1 Å². The molecule has 0 aromatic carbocycles. The van der Waals surface area contributed by atoms with Gasteiger partial charge in [0.05, 0.1) is 5.41 Å². The van der Waals surface area contributed by atoms with Gasteiger partial charge >= 0.3 is 0 Å². The van der Waals surface area contributed by atoms with Gasteiger partial charge in [-0.3, -0.25) is 9.69 Å². The summed E-state index contributed by atoms with van der Waals surface area (Å²) >= 11 is 0. The molecule has 0 spiro atoms. The third-order valence-corrected chi connectivity index (χ3v) is 5.08. The summed E-state index contributed by atoms with van der Waals surface area (Å²) in [5, 5.41) is 3.17. The Bertz CT molecular complexity index is 286. The zero-order valence-corrected chi connectivity index (χ0v) is 13.7. The Kier molecular flexibility index (Phi) is 6.96. The lowest BCUT2D eigenvalue weighted by Crippen LogP contribution is -2.51. The molecule has 1 unspecified atom stereocenters. The second-order valence-electron chi connectivity index (χ2n) is 6.46. The molecule has 1 atom stereocenters. The first-order valence-corrected chi connectivity index (χ1v) is 8.23. The number of nitrogens with zero attached hydrogens (tertiary/aromatic N) is 1. The van der Waals surface area contributed by atoms with E-state index in [0.29, 0.717) is 18.5 Å². The van der Waals surface area contributed by atoms with Crippen LogP contribution in [0.3, 0.4) is 0 Å². The summed E-state index contributed by atoms with van der Waals surface area (Å²) in [5.41, 5.74) is 5.46. The molecule has 1 saturated heterocycles. The Labute approximate surface area is 124 Å². The van der Waals surface area contributed by atoms with Gasteiger partial charge in [0.1, 0.15) is 0 Å². The van der Waals surface area contributed by atoms with Gasteiger partial charge in [0.15, 0.2) is 0 Å². The van der Waals surface area contributed by atoms with E-state index in [-0.39, 0.29) is 11.3 Å². The van der Waals surface area contributed by atoms with Gasteiger partial charge in [0.2, 0.25) is 5.91 Å². The zero-order valence-electron chi connectivity index (χ0n) is 13.7. The van der Waals surface area contributed by atoms with Crippen molar-refractivity contribution < 1.29 is 4.79 Å². The molecule has 1 aliphatic rings. The van der Waals surface area contributed by atoms with Crippen molar-refractivity contribution in [2.75, 3.05) is 26.2 Å². The zero-order chi connectivity index (χ0) is 15.2. The summed E-state index contributed by atoms with van der Waals surface area (Å²) in [6, 6.07) is 0.450. The molecule has 118 valence electrons. The maximum Gasteiger partial charge on any atom is 0.227 e. The minimum atomic E-state index is -0.382. The Morgan fingerprint density at radius 3 is 2.20 bits per heavy atom. The number of hydrogen-bond donors (Lipinski definition) is 2. The van der Waals surface area contributed by atoms with E-state index < -0.39 is 0 Å². The Morgan fingerprint density at radius 1 is 1.25 bits per heavy atom. The SMILES string of the molecule is CCC(CC)(CN)C(=O)NCC(C(C)C)N1CCCC1. The highest BCUT2D eigenvalue weighted by Crippen LogP contribution is 2.25. The molecule has 0 aromatic heterocycles. The van der Waals surface area contributed by atoms with E-state index in [1.54, 1.807) is 0 Å². The number of nitrogens with two attached hydrogens (primary N) is 1. The van der Waals surface area contributed by atoms with Crippen LogP contribution < -0.4 is 11.1 Å². The van der Waals surface area contributed by atoms with Crippen molar-refractivity contribution >= 4 is 5.91 Å². The quantitative estimate of drug-likeness (QED) is 0.716. The predicted octanol–water partition coefficient (Wildman–Crippen LogP) is 1.99. The van der Waals surface area contributed by atoms with E-state index in [1.807, 2.05) is 0 Å². The molecule has 1 rings (SSSR count). The number of amides is 1. The highest BCUT2D eigenvalue weighted by molar-refractivity contribution is 5.82. The van der Waals surface area contributed by atoms with E-state index in [9.17, 15) is 4.79 Å². The molecular formula is C16H33N3O. The van der Waals surface area contributed by atoms with Crippen LogP contribution in [0.4, 0.5) is 0 Å². The van der Waals surface area contributed by atoms with Crippen LogP contribution in [0.1, 0.15) is 53.4 Å². The third-order valence-electron chi connectivity index (χ3n) is 5.08. The molecule has 1 aliphatic heterocycles. The molecule has 0 aliphatic carbocycles. The van der Waals surface area contributed by atoms with Gasteiger partial charge in [-0.25, -0.2) is 0 Å². The van der Waals surface area contributed by atoms with Crippen LogP contribution in [0.2, 0.25) is 0 Å². The van der Waals surface area contributed by atoms with E-state index in [0.717, 1.165) is 19.4 Å². The highest BCUT2D eigenvalue weighted by atomic mass is 16.2. The molecule has 4 heteroatoms. The van der Waals surface area contributed by atoms with Gasteiger partial charge in [-0.05, 0) is 44.7 Å². The number of hydrogen-bond acceptors (Lipinski definition) is 3. The van der Waals surface area contributed by atoms with Crippen molar-refractivity contribution in [2.45, 2.75) is 59.4 Å². The summed E-state index contributed by atoms with van der Waals surface area (Å²) in [5.74, 6) is 0.693. The summed E-state index contributed by atoms with van der Waals surface area (Å²) in [6.07, 6.45) is 4.19. The van der Waals surface area contributed by atoms with Crippen LogP contribution in [0, 0.1) is 11.3 Å². The topological polar surface area (TPSA) is 58.4 Å². The maximum absolute atomic E-state index is 12.5. The van der Waals surface area contributed by atoms with Crippen molar-refractivity contribution in [3.63, 3.8) is 0 Å². The second-order valence-corrected chi connectivity index (χ2v) is 6.46. The van der Waals surface area contributed by atoms with Crippen LogP contribution in [-0.2, 0) is 4.79 Å². The first-order valence-electron chi connectivity index (χ1n) is 8.23. The number of rotatable bonds is 8. The van der Waals surface area contributed by atoms with Crippen LogP contribution in [0.25, 0.3) is 0 Å². The molecule has 1 fully saturated rings. The number of nitrogens with one attached hydrogen (secondary N) is 1. The van der Waals surface area contributed by atoms with Crippen LogP contribution in [0.5, 0.6) is 0 Å². The van der Waals surface area contributed by atoms with Crippen molar-refractivity contribution in [3.8, 4) is 0 Å². The number of carbonyl (C=O) groups is 1. The monoisotopic (exact) mass is 283 g/mol. The molecule has 0 saturated carbocycles. The largest absolute Gasteiger partial charge is 0.354 e. The van der Waals surface area contributed by atoms with Crippen LogP contribution >= 0.6 is 0 Å². The summed E-state index contributed by atoms with van der Waals surface area (Å²) in [6.45, 7) is 12.1. The summed E-state index contributed by atoms with van der Waals surface area (Å²) in [7, 11) is 0. The standard InChI is InChI=1S/C16H33N3O/c1-5-16(6-2,12-17)15(20)18-11-14(13(3)4)19-9-7-8-10-19/h13-14H,5-12,17H2,1-4H3,(H,18,20). The summed E-state index contributed by atoms with van der Waals surface area (Å²) < 4.78 is 0. The maximum atomic E-state index is 12.5. The van der Waals surface area contributed by atoms with E-state index >= 15 is 0 Å². The molecule has 0 aromatic rings. The Morgan fingerprint density at radius 2 is 1.80 bits per heavy atom. The molecule has 0 radical (unpaired) electrons. The second kappa shape index (κ2) is 7.99. The lowest BCUT2D eigenvalue weighted by Gasteiger charge is -2.34. The van der Waals surface area contributed by atoms with Gasteiger partial charge in [-0.1, -0.05) is 27.7 Å². The number of carbonyl (C=O) groups excluding carboxylic acids is 1. The Hall–Kier alpha value is -0.610. The minimum absolute atomic E-state index is 0.134. The van der Waals surface area contributed by atoms with Crippen LogP contribution in [-0.4, -0.2) is 43.0 Å². The molecule has 4 nitrogen and oxygen atoms in total. The molecule has 1 amide bonds. The molecular weight excluding hydrogens is 250 g/mol. The van der Waals surface area contributed by atoms with Crippen LogP contribution in [0.15, 0.2) is 0 Å². The lowest BCUT2D eigenvalue weighted by molar-refractivity contribution is -0.131. The molecule has 3 N–H and O–H groups in total. The van der Waals surface area contributed by atoms with Crippen molar-refractivity contribution in [2.24, 2.45) is 17.1 Å². The third kappa shape index (κ3) is 3.95. The lowest BCUT2D eigenvalue weighted by atomic mass is 9.81. The summed E-state index contributed by atoms with van der Waals surface area (Å²) in [4.78, 5) is 15.0. The molecule has 0 bridgehead atoms. The van der Waals surface area contributed by atoms with Crippen molar-refractivity contribution in [3.05, 3.63) is 0 Å². The van der Waals surface area contributed by atoms with E-state index in [1.165, 1.54) is 25.9 Å². The fourth-order valence-electron chi connectivity index (χ4n) is 3.20. The predicted molar refractivity (Wildman–Crippen MR) is 84.5 cm³/mol.